The summed E-state index contributed by atoms with van der Waals surface area (Å²) in [6.45, 7) is 1.20. The van der Waals surface area contributed by atoms with E-state index in [-0.39, 0.29) is 12.0 Å². The molecule has 1 amide bonds. The maximum absolute atomic E-state index is 12.9. The lowest BCUT2D eigenvalue weighted by Gasteiger charge is -2.14. The van der Waals surface area contributed by atoms with Gasteiger partial charge in [0.2, 0.25) is 5.96 Å². The van der Waals surface area contributed by atoms with Crippen LogP contribution in [0.2, 0.25) is 0 Å². The number of hydrogen-bond donors (Lipinski definition) is 2. The van der Waals surface area contributed by atoms with Gasteiger partial charge in [-0.25, -0.2) is 4.99 Å². The molecule has 0 saturated carbocycles. The third kappa shape index (κ3) is 5.87. The van der Waals surface area contributed by atoms with Gasteiger partial charge in [0.1, 0.15) is 17.2 Å². The van der Waals surface area contributed by atoms with Crippen LogP contribution in [0.4, 0.5) is 5.69 Å². The Morgan fingerprint density at radius 3 is 2.43 bits per heavy atom. The van der Waals surface area contributed by atoms with E-state index in [1.807, 2.05) is 24.3 Å². The normalized spacial score (nSPS) is 16.1. The molecule has 0 aliphatic carbocycles. The minimum absolute atomic E-state index is 0.0564. The number of anilines is 1. The van der Waals surface area contributed by atoms with E-state index < -0.39 is 0 Å². The minimum atomic E-state index is -0.339. The van der Waals surface area contributed by atoms with Crippen LogP contribution in [0.25, 0.3) is 0 Å². The van der Waals surface area contributed by atoms with Gasteiger partial charge in [-0.05, 0) is 37.1 Å². The molecule has 0 aromatic heterocycles. The second kappa shape index (κ2) is 10.5. The molecule has 1 aliphatic rings. The van der Waals surface area contributed by atoms with Gasteiger partial charge in [-0.15, -0.1) is 0 Å². The molecule has 3 rings (SSSR count). The first kappa shape index (κ1) is 21.4. The van der Waals surface area contributed by atoms with Crippen LogP contribution in [-0.4, -0.2) is 52.5 Å². The van der Waals surface area contributed by atoms with Gasteiger partial charge in [0.25, 0.3) is 5.91 Å². The summed E-state index contributed by atoms with van der Waals surface area (Å²) in [6.07, 6.45) is 2.03. The van der Waals surface area contributed by atoms with Crippen molar-refractivity contribution in [3.05, 3.63) is 48.0 Å². The zero-order chi connectivity index (χ0) is 21.3. The lowest BCUT2D eigenvalue weighted by atomic mass is 10.2. The van der Waals surface area contributed by atoms with E-state index in [0.29, 0.717) is 35.3 Å². The van der Waals surface area contributed by atoms with Crippen molar-refractivity contribution in [1.82, 2.24) is 5.32 Å². The van der Waals surface area contributed by atoms with E-state index in [2.05, 4.69) is 15.6 Å². The molecule has 0 spiro atoms. The number of carbonyl (C=O) groups excluding carboxylic acids is 1. The number of aliphatic imine (C=N–C) groups is 1. The molecule has 2 aromatic carbocycles. The van der Waals surface area contributed by atoms with E-state index in [1.165, 1.54) is 14.2 Å². The van der Waals surface area contributed by atoms with Crippen LogP contribution in [0, 0.1) is 0 Å². The van der Waals surface area contributed by atoms with Crippen LogP contribution in [0.1, 0.15) is 23.2 Å². The fourth-order valence-electron chi connectivity index (χ4n) is 3.05. The molecule has 1 atom stereocenters. The quantitative estimate of drug-likeness (QED) is 0.536. The van der Waals surface area contributed by atoms with E-state index in [1.54, 1.807) is 25.3 Å². The number of nitrogens with zero attached hydrogens (tertiary/aromatic N) is 1. The Morgan fingerprint density at radius 1 is 1.07 bits per heavy atom. The second-order valence-corrected chi connectivity index (χ2v) is 6.74. The van der Waals surface area contributed by atoms with Crippen molar-refractivity contribution in [3.8, 4) is 17.2 Å². The summed E-state index contributed by atoms with van der Waals surface area (Å²) in [4.78, 5) is 17.5. The number of benzene rings is 2. The van der Waals surface area contributed by atoms with Crippen molar-refractivity contribution in [3.63, 3.8) is 0 Å². The second-order valence-electron chi connectivity index (χ2n) is 6.74. The molecule has 30 heavy (non-hydrogen) atoms. The number of amides is 1. The number of nitrogens with one attached hydrogen (secondary N) is 2. The first-order valence-corrected chi connectivity index (χ1v) is 9.73. The van der Waals surface area contributed by atoms with Crippen molar-refractivity contribution in [2.45, 2.75) is 18.9 Å². The van der Waals surface area contributed by atoms with Crippen molar-refractivity contribution in [2.24, 2.45) is 4.99 Å². The van der Waals surface area contributed by atoms with Crippen molar-refractivity contribution < 1.29 is 23.7 Å². The fraction of sp³-hybridized carbons (Fsp3) is 0.364. The molecular weight excluding hydrogens is 386 g/mol. The Labute approximate surface area is 176 Å². The van der Waals surface area contributed by atoms with Crippen LogP contribution in [0.5, 0.6) is 17.2 Å². The monoisotopic (exact) mass is 413 g/mol. The number of methoxy groups -OCH3 is 3. The molecule has 1 saturated heterocycles. The van der Waals surface area contributed by atoms with Crippen LogP contribution in [-0.2, 0) is 4.74 Å². The van der Waals surface area contributed by atoms with Gasteiger partial charge in [0, 0.05) is 30.0 Å². The number of carbonyl (C=O) groups is 1. The molecule has 160 valence electrons. The summed E-state index contributed by atoms with van der Waals surface area (Å²) in [7, 11) is 4.67. The largest absolute Gasteiger partial charge is 0.497 e. The van der Waals surface area contributed by atoms with Gasteiger partial charge in [0.05, 0.1) is 34.0 Å². The first-order chi connectivity index (χ1) is 14.6. The molecule has 2 aromatic rings. The highest BCUT2D eigenvalue weighted by Crippen LogP contribution is 2.22. The first-order valence-electron chi connectivity index (χ1n) is 9.73. The third-order valence-corrected chi connectivity index (χ3v) is 4.66. The fourth-order valence-corrected chi connectivity index (χ4v) is 3.05. The van der Waals surface area contributed by atoms with Gasteiger partial charge in [-0.1, -0.05) is 6.07 Å². The molecule has 0 unspecified atom stereocenters. The van der Waals surface area contributed by atoms with Crippen LogP contribution < -0.4 is 24.8 Å². The smallest absolute Gasteiger partial charge is 0.258 e. The average molecular weight is 413 g/mol. The summed E-state index contributed by atoms with van der Waals surface area (Å²) >= 11 is 0. The molecule has 1 fully saturated rings. The molecular formula is C22H27N3O5. The highest BCUT2D eigenvalue weighted by atomic mass is 16.5. The standard InChI is InChI=1S/C22H27N3O5/c1-27-17-7-4-6-16(12-17)24-22(23-14-18-8-5-9-30-18)25-21(26)15-10-19(28-2)13-20(11-15)29-3/h4,6-7,10-13,18H,5,8-9,14H2,1-3H3,(H2,23,24,25,26)/t18-/m1/s1. The van der Waals surface area contributed by atoms with E-state index in [9.17, 15) is 4.79 Å². The van der Waals surface area contributed by atoms with Crippen LogP contribution in [0.3, 0.4) is 0 Å². The number of ether oxygens (including phenoxy) is 4. The zero-order valence-corrected chi connectivity index (χ0v) is 17.4. The van der Waals surface area contributed by atoms with Gasteiger partial charge >= 0.3 is 0 Å². The predicted molar refractivity (Wildman–Crippen MR) is 115 cm³/mol. The van der Waals surface area contributed by atoms with Crippen LogP contribution >= 0.6 is 0 Å². The molecule has 0 radical (unpaired) electrons. The Kier molecular flexibility index (Phi) is 7.51. The lowest BCUT2D eigenvalue weighted by Crippen LogP contribution is -2.36. The Balaban J connectivity index is 1.80. The highest BCUT2D eigenvalue weighted by Gasteiger charge is 2.17. The maximum atomic E-state index is 12.9. The topological polar surface area (TPSA) is 90.4 Å². The number of hydrogen-bond acceptors (Lipinski definition) is 6. The number of guanidine groups is 1. The van der Waals surface area contributed by atoms with Gasteiger partial charge in [0.15, 0.2) is 0 Å². The summed E-state index contributed by atoms with van der Waals surface area (Å²) < 4.78 is 21.4. The van der Waals surface area contributed by atoms with Crippen molar-refractivity contribution in [2.75, 3.05) is 39.8 Å². The molecule has 2 N–H and O–H groups in total. The van der Waals surface area contributed by atoms with Crippen molar-refractivity contribution >= 4 is 17.6 Å². The highest BCUT2D eigenvalue weighted by molar-refractivity contribution is 6.10. The molecule has 1 heterocycles. The lowest BCUT2D eigenvalue weighted by molar-refractivity contribution is 0.0975. The van der Waals surface area contributed by atoms with Crippen LogP contribution in [0.15, 0.2) is 47.5 Å². The average Bonchev–Trinajstić information content (AvgIpc) is 3.30. The predicted octanol–water partition coefficient (Wildman–Crippen LogP) is 3.09. The minimum Gasteiger partial charge on any atom is -0.497 e. The van der Waals surface area contributed by atoms with E-state index in [4.69, 9.17) is 18.9 Å². The zero-order valence-electron chi connectivity index (χ0n) is 17.4. The van der Waals surface area contributed by atoms with Gasteiger partial charge in [-0.3, -0.25) is 10.1 Å². The molecule has 8 heteroatoms. The Hall–Kier alpha value is -3.26. The van der Waals surface area contributed by atoms with Crippen molar-refractivity contribution in [1.29, 1.82) is 0 Å². The molecule has 0 bridgehead atoms. The summed E-state index contributed by atoms with van der Waals surface area (Å²) in [5.74, 6) is 1.73. The van der Waals surface area contributed by atoms with Gasteiger partial charge in [-0.2, -0.15) is 0 Å². The SMILES string of the molecule is COc1cccc(NC(=NC[C@H]2CCCO2)NC(=O)c2cc(OC)cc(OC)c2)c1. The number of rotatable bonds is 7. The maximum Gasteiger partial charge on any atom is 0.258 e. The Morgan fingerprint density at radius 2 is 1.80 bits per heavy atom. The third-order valence-electron chi connectivity index (χ3n) is 4.66. The van der Waals surface area contributed by atoms with E-state index in [0.717, 1.165) is 25.1 Å². The Bertz CT molecular complexity index is 872. The molecule has 1 aliphatic heterocycles. The summed E-state index contributed by atoms with van der Waals surface area (Å²) in [6, 6.07) is 12.4. The summed E-state index contributed by atoms with van der Waals surface area (Å²) in [5, 5.41) is 5.99. The van der Waals surface area contributed by atoms with Gasteiger partial charge < -0.3 is 24.3 Å². The van der Waals surface area contributed by atoms with E-state index >= 15 is 0 Å². The summed E-state index contributed by atoms with van der Waals surface area (Å²) in [5.41, 5.74) is 1.13. The molecule has 8 nitrogen and oxygen atoms in total.